The number of aryl methyl sites for hydroxylation is 1. The number of hydrogen-bond acceptors (Lipinski definition) is 5. The van der Waals surface area contributed by atoms with Crippen LogP contribution in [0, 0.1) is 6.92 Å². The Labute approximate surface area is 188 Å². The molecule has 1 aromatic heterocycles. The van der Waals surface area contributed by atoms with E-state index in [9.17, 15) is 9.59 Å². The maximum absolute atomic E-state index is 12.6. The van der Waals surface area contributed by atoms with E-state index >= 15 is 0 Å². The number of H-pyrrole nitrogens is 1. The number of halogens is 1. The summed E-state index contributed by atoms with van der Waals surface area (Å²) in [5, 5.41) is 4.73. The molecule has 8 heteroatoms. The van der Waals surface area contributed by atoms with E-state index in [2.05, 4.69) is 10.1 Å². The van der Waals surface area contributed by atoms with Gasteiger partial charge in [-0.25, -0.2) is 4.79 Å². The van der Waals surface area contributed by atoms with Gasteiger partial charge in [0.25, 0.3) is 5.56 Å². The first kappa shape index (κ1) is 21.4. The summed E-state index contributed by atoms with van der Waals surface area (Å²) in [7, 11) is 1.50. The van der Waals surface area contributed by atoms with Gasteiger partial charge in [-0.2, -0.15) is 5.10 Å². The minimum absolute atomic E-state index is 0.318. The van der Waals surface area contributed by atoms with E-state index in [-0.39, 0.29) is 0 Å². The lowest BCUT2D eigenvalue weighted by Gasteiger charge is -2.13. The second-order valence-corrected chi connectivity index (χ2v) is 7.56. The van der Waals surface area contributed by atoms with Crippen molar-refractivity contribution in [2.24, 2.45) is 5.10 Å². The number of benzene rings is 3. The molecule has 0 fully saturated rings. The molecule has 0 saturated carbocycles. The van der Waals surface area contributed by atoms with Gasteiger partial charge in [-0.3, -0.25) is 4.79 Å². The van der Waals surface area contributed by atoms with Crippen LogP contribution in [0.3, 0.4) is 0 Å². The molecule has 0 radical (unpaired) electrons. The van der Waals surface area contributed by atoms with E-state index in [4.69, 9.17) is 21.1 Å². The van der Waals surface area contributed by atoms with Gasteiger partial charge in [0, 0.05) is 0 Å². The first-order valence-electron chi connectivity index (χ1n) is 9.80. The van der Waals surface area contributed by atoms with Crippen molar-refractivity contribution in [2.75, 3.05) is 7.11 Å². The highest BCUT2D eigenvalue weighted by molar-refractivity contribution is 6.32. The van der Waals surface area contributed by atoms with E-state index < -0.39 is 11.2 Å². The molecule has 32 heavy (non-hydrogen) atoms. The first-order chi connectivity index (χ1) is 15.5. The fourth-order valence-corrected chi connectivity index (χ4v) is 3.57. The summed E-state index contributed by atoms with van der Waals surface area (Å²) in [6, 6.07) is 18.0. The normalized spacial score (nSPS) is 11.2. The topological polar surface area (TPSA) is 85.7 Å². The van der Waals surface area contributed by atoms with Gasteiger partial charge in [-0.1, -0.05) is 53.6 Å². The molecule has 0 unspecified atom stereocenters. The highest BCUT2D eigenvalue weighted by Gasteiger charge is 2.12. The van der Waals surface area contributed by atoms with E-state index in [1.54, 1.807) is 36.4 Å². The summed E-state index contributed by atoms with van der Waals surface area (Å²) in [5.41, 5.74) is 1.97. The molecule has 0 atom stereocenters. The molecule has 3 aromatic carbocycles. The van der Waals surface area contributed by atoms with E-state index in [0.717, 1.165) is 15.8 Å². The predicted molar refractivity (Wildman–Crippen MR) is 125 cm³/mol. The number of nitrogens with one attached hydrogen (secondary N) is 1. The van der Waals surface area contributed by atoms with Crippen LogP contribution >= 0.6 is 11.6 Å². The fraction of sp³-hybridized carbons (Fsp3) is 0.125. The summed E-state index contributed by atoms with van der Waals surface area (Å²) in [5.74, 6) is 0.805. The van der Waals surface area contributed by atoms with Crippen LogP contribution in [0.4, 0.5) is 0 Å². The lowest BCUT2D eigenvalue weighted by atomic mass is 10.1. The average Bonchev–Trinajstić information content (AvgIpc) is 2.78. The Hall–Kier alpha value is -3.84. The molecule has 4 rings (SSSR count). The van der Waals surface area contributed by atoms with Gasteiger partial charge in [0.1, 0.15) is 6.61 Å². The van der Waals surface area contributed by atoms with Crippen LogP contribution in [0.5, 0.6) is 11.5 Å². The molecule has 0 amide bonds. The molecule has 0 bridgehead atoms. The number of rotatable bonds is 6. The number of methoxy groups -OCH3 is 1. The summed E-state index contributed by atoms with van der Waals surface area (Å²) in [4.78, 5) is 27.5. The average molecular weight is 450 g/mol. The number of hydrogen-bond donors (Lipinski definition) is 1. The minimum atomic E-state index is -0.638. The van der Waals surface area contributed by atoms with Crippen LogP contribution in [0.15, 0.2) is 75.4 Å². The van der Waals surface area contributed by atoms with Gasteiger partial charge in [0.05, 0.1) is 29.2 Å². The molecule has 0 saturated heterocycles. The Morgan fingerprint density at radius 2 is 1.91 bits per heavy atom. The monoisotopic (exact) mass is 449 g/mol. The van der Waals surface area contributed by atoms with Gasteiger partial charge >= 0.3 is 5.69 Å². The van der Waals surface area contributed by atoms with Crippen molar-refractivity contribution in [2.45, 2.75) is 13.5 Å². The third kappa shape index (κ3) is 4.43. The summed E-state index contributed by atoms with van der Waals surface area (Å²) < 4.78 is 12.1. The number of aromatic amines is 1. The van der Waals surface area contributed by atoms with E-state index in [1.807, 2.05) is 31.2 Å². The summed E-state index contributed by atoms with van der Waals surface area (Å²) in [6.07, 6.45) is 1.37. The SMILES string of the molecule is COc1cc(C=Nn2c(=O)[nH]c3ccccc3c2=O)cc(Cl)c1OCc1cccc(C)c1. The van der Waals surface area contributed by atoms with Crippen LogP contribution in [-0.2, 0) is 6.61 Å². The second-order valence-electron chi connectivity index (χ2n) is 7.15. The molecule has 7 nitrogen and oxygen atoms in total. The van der Waals surface area contributed by atoms with Crippen LogP contribution in [0.1, 0.15) is 16.7 Å². The molecular weight excluding hydrogens is 430 g/mol. The van der Waals surface area contributed by atoms with Gasteiger partial charge in [-0.05, 0) is 42.3 Å². The van der Waals surface area contributed by atoms with Gasteiger partial charge < -0.3 is 14.5 Å². The Kier molecular flexibility index (Phi) is 6.09. The van der Waals surface area contributed by atoms with Crippen LogP contribution in [0.25, 0.3) is 10.9 Å². The van der Waals surface area contributed by atoms with Crippen molar-refractivity contribution < 1.29 is 9.47 Å². The Bertz CT molecular complexity index is 1440. The van der Waals surface area contributed by atoms with Crippen molar-refractivity contribution in [1.29, 1.82) is 0 Å². The third-order valence-corrected chi connectivity index (χ3v) is 5.10. The summed E-state index contributed by atoms with van der Waals surface area (Å²) >= 11 is 6.43. The molecule has 0 aliphatic carbocycles. The van der Waals surface area contributed by atoms with E-state index in [0.29, 0.717) is 39.6 Å². The largest absolute Gasteiger partial charge is 0.493 e. The molecule has 1 heterocycles. The molecule has 162 valence electrons. The van der Waals surface area contributed by atoms with Gasteiger partial charge in [0.15, 0.2) is 11.5 Å². The number of para-hydroxylation sites is 1. The standard InChI is InChI=1S/C24H20ClN3O4/c1-15-6-5-7-16(10-15)14-32-22-19(25)11-17(12-21(22)31-2)13-26-28-23(29)18-8-3-4-9-20(18)27-24(28)30/h3-13H,14H2,1-2H3,(H,27,30). The zero-order valence-corrected chi connectivity index (χ0v) is 18.2. The number of nitrogens with zero attached hydrogens (tertiary/aromatic N) is 2. The molecular formula is C24H20ClN3O4. The number of aromatic nitrogens is 2. The van der Waals surface area contributed by atoms with Crippen molar-refractivity contribution >= 4 is 28.7 Å². The van der Waals surface area contributed by atoms with Crippen molar-refractivity contribution in [3.63, 3.8) is 0 Å². The smallest absolute Gasteiger partial charge is 0.349 e. The lowest BCUT2D eigenvalue weighted by Crippen LogP contribution is -2.32. The van der Waals surface area contributed by atoms with Crippen LogP contribution in [0.2, 0.25) is 5.02 Å². The molecule has 0 aliphatic heterocycles. The van der Waals surface area contributed by atoms with Crippen LogP contribution < -0.4 is 20.7 Å². The maximum Gasteiger partial charge on any atom is 0.349 e. The second kappa shape index (κ2) is 9.11. The summed E-state index contributed by atoms with van der Waals surface area (Å²) in [6.45, 7) is 2.34. The number of fused-ring (bicyclic) bond motifs is 1. The quantitative estimate of drug-likeness (QED) is 0.449. The predicted octanol–water partition coefficient (Wildman–Crippen LogP) is 4.12. The molecule has 0 spiro atoms. The Balaban J connectivity index is 1.63. The maximum atomic E-state index is 12.6. The Morgan fingerprint density at radius 1 is 1.09 bits per heavy atom. The molecule has 4 aromatic rings. The van der Waals surface area contributed by atoms with Crippen molar-refractivity contribution in [3.8, 4) is 11.5 Å². The Morgan fingerprint density at radius 3 is 2.69 bits per heavy atom. The van der Waals surface area contributed by atoms with Crippen molar-refractivity contribution in [1.82, 2.24) is 9.66 Å². The third-order valence-electron chi connectivity index (χ3n) is 4.82. The zero-order valence-electron chi connectivity index (χ0n) is 17.5. The van der Waals surface area contributed by atoms with Gasteiger partial charge in [0.2, 0.25) is 0 Å². The minimum Gasteiger partial charge on any atom is -0.493 e. The fourth-order valence-electron chi connectivity index (χ4n) is 3.29. The van der Waals surface area contributed by atoms with Crippen LogP contribution in [-0.4, -0.2) is 23.0 Å². The molecule has 0 aliphatic rings. The number of ether oxygens (including phenoxy) is 2. The lowest BCUT2D eigenvalue weighted by molar-refractivity contribution is 0.284. The van der Waals surface area contributed by atoms with E-state index in [1.165, 1.54) is 13.3 Å². The highest BCUT2D eigenvalue weighted by atomic mass is 35.5. The highest BCUT2D eigenvalue weighted by Crippen LogP contribution is 2.36. The van der Waals surface area contributed by atoms with Gasteiger partial charge in [-0.15, -0.1) is 4.68 Å². The zero-order chi connectivity index (χ0) is 22.7. The molecule has 1 N–H and O–H groups in total. The van der Waals surface area contributed by atoms with Crippen molar-refractivity contribution in [3.05, 3.63) is 103 Å². The first-order valence-corrected chi connectivity index (χ1v) is 10.2.